The molecule has 0 bridgehead atoms. The van der Waals surface area contributed by atoms with Crippen molar-refractivity contribution in [1.29, 1.82) is 0 Å². The molecule has 0 fully saturated rings. The summed E-state index contributed by atoms with van der Waals surface area (Å²) >= 11 is 6.89. The number of H-pyrrole nitrogens is 1. The lowest BCUT2D eigenvalue weighted by molar-refractivity contribution is 0.0910. The first-order valence-electron chi connectivity index (χ1n) is 6.80. The number of amides is 1. The molecule has 0 aliphatic carbocycles. The van der Waals surface area contributed by atoms with Gasteiger partial charge < -0.3 is 15.4 Å². The summed E-state index contributed by atoms with van der Waals surface area (Å²) in [7, 11) is 0. The monoisotopic (exact) mass is 416 g/mol. The second-order valence-corrected chi connectivity index (χ2v) is 7.21. The predicted octanol–water partition coefficient (Wildman–Crippen LogP) is 3.83. The van der Waals surface area contributed by atoms with E-state index in [0.29, 0.717) is 11.5 Å². The van der Waals surface area contributed by atoms with Crippen molar-refractivity contribution in [2.75, 3.05) is 6.61 Å². The Morgan fingerprint density at radius 1 is 1.33 bits per heavy atom. The quantitative estimate of drug-likeness (QED) is 0.692. The number of benzene rings is 1. The number of hydrogen-bond acceptors (Lipinski definition) is 2. The number of aliphatic hydroxyl groups excluding tert-OH is 1. The van der Waals surface area contributed by atoms with E-state index >= 15 is 0 Å². The minimum atomic E-state index is -0.221. The largest absolute Gasteiger partial charge is 0.394 e. The highest BCUT2D eigenvalue weighted by Crippen LogP contribution is 2.30. The Hall–Kier alpha value is -0.850. The maximum absolute atomic E-state index is 12.4. The normalized spacial score (nSPS) is 12.9. The number of carbonyl (C=O) groups excluding carboxylic acids is 1. The Morgan fingerprint density at radius 3 is 2.62 bits per heavy atom. The molecule has 1 aromatic heterocycles. The van der Waals surface area contributed by atoms with Crippen LogP contribution in [0.15, 0.2) is 27.3 Å². The number of carbonyl (C=O) groups is 1. The molecule has 0 radical (unpaired) electrons. The van der Waals surface area contributed by atoms with Gasteiger partial charge in [-0.1, -0.05) is 13.8 Å². The zero-order valence-electron chi connectivity index (χ0n) is 11.9. The summed E-state index contributed by atoms with van der Waals surface area (Å²) in [4.78, 5) is 15.5. The van der Waals surface area contributed by atoms with Crippen LogP contribution < -0.4 is 5.32 Å². The van der Waals surface area contributed by atoms with Crippen LogP contribution in [0.3, 0.4) is 0 Å². The Labute approximate surface area is 140 Å². The molecule has 0 saturated heterocycles. The molecule has 0 spiro atoms. The summed E-state index contributed by atoms with van der Waals surface area (Å²) in [5.74, 6) is 0.241. The van der Waals surface area contributed by atoms with Gasteiger partial charge in [-0.05, 0) is 56.3 Å². The first-order valence-corrected chi connectivity index (χ1v) is 8.38. The van der Waals surface area contributed by atoms with Crippen molar-refractivity contribution in [3.8, 4) is 0 Å². The van der Waals surface area contributed by atoms with E-state index in [9.17, 15) is 9.90 Å². The van der Waals surface area contributed by atoms with Gasteiger partial charge >= 0.3 is 0 Å². The number of nitrogens with one attached hydrogen (secondary N) is 2. The van der Waals surface area contributed by atoms with Crippen LogP contribution in [0.2, 0.25) is 0 Å². The third kappa shape index (κ3) is 3.87. The van der Waals surface area contributed by atoms with Crippen molar-refractivity contribution >= 4 is 48.7 Å². The highest BCUT2D eigenvalue weighted by molar-refractivity contribution is 9.13. The zero-order valence-corrected chi connectivity index (χ0v) is 15.1. The lowest BCUT2D eigenvalue weighted by Gasteiger charge is -2.18. The van der Waals surface area contributed by atoms with Crippen molar-refractivity contribution < 1.29 is 9.90 Å². The molecule has 114 valence electrons. The fraction of sp³-hybridized carbons (Fsp3) is 0.400. The lowest BCUT2D eigenvalue weighted by Crippen LogP contribution is -2.38. The lowest BCUT2D eigenvalue weighted by atomic mass is 10.0. The summed E-state index contributed by atoms with van der Waals surface area (Å²) in [6, 6.07) is 3.61. The number of rotatable bonds is 5. The van der Waals surface area contributed by atoms with Crippen molar-refractivity contribution in [3.05, 3.63) is 32.8 Å². The molecule has 1 aromatic carbocycles. The van der Waals surface area contributed by atoms with Crippen molar-refractivity contribution in [1.82, 2.24) is 10.3 Å². The summed E-state index contributed by atoms with van der Waals surface area (Å²) < 4.78 is 1.82. The van der Waals surface area contributed by atoms with Gasteiger partial charge in [-0.2, -0.15) is 0 Å². The van der Waals surface area contributed by atoms with Crippen LogP contribution in [-0.2, 0) is 0 Å². The smallest absolute Gasteiger partial charge is 0.253 e. The fourth-order valence-corrected chi connectivity index (χ4v) is 3.00. The Morgan fingerprint density at radius 2 is 2.00 bits per heavy atom. The standard InChI is InChI=1S/C15H18Br2N2O2/c1-8(2)3-9(7-20)19-15(21)11-6-18-14-5-13(17)12(16)4-10(11)14/h4-6,8-9,18,20H,3,7H2,1-2H3,(H,19,21). The van der Waals surface area contributed by atoms with Crippen molar-refractivity contribution in [2.24, 2.45) is 5.92 Å². The zero-order chi connectivity index (χ0) is 15.6. The van der Waals surface area contributed by atoms with Crippen LogP contribution in [0.1, 0.15) is 30.6 Å². The molecule has 1 heterocycles. The number of aromatic nitrogens is 1. The molecular weight excluding hydrogens is 400 g/mol. The van der Waals surface area contributed by atoms with Crippen LogP contribution in [0.4, 0.5) is 0 Å². The van der Waals surface area contributed by atoms with E-state index in [2.05, 4.69) is 56.0 Å². The molecule has 3 N–H and O–H groups in total. The van der Waals surface area contributed by atoms with Gasteiger partial charge in [0.25, 0.3) is 5.91 Å². The van der Waals surface area contributed by atoms with E-state index < -0.39 is 0 Å². The molecule has 0 aliphatic rings. The Kier molecular flexibility index (Phi) is 5.46. The third-order valence-corrected chi connectivity index (χ3v) is 5.12. The van der Waals surface area contributed by atoms with Crippen LogP contribution in [0.5, 0.6) is 0 Å². The van der Waals surface area contributed by atoms with E-state index in [1.165, 1.54) is 0 Å². The molecule has 1 amide bonds. The molecular formula is C15H18Br2N2O2. The second kappa shape index (κ2) is 6.94. The Bertz CT molecular complexity index is 652. The summed E-state index contributed by atoms with van der Waals surface area (Å²) in [5.41, 5.74) is 1.47. The highest BCUT2D eigenvalue weighted by Gasteiger charge is 2.18. The van der Waals surface area contributed by atoms with Gasteiger partial charge in [0.2, 0.25) is 0 Å². The number of halogens is 2. The number of aromatic amines is 1. The van der Waals surface area contributed by atoms with Crippen LogP contribution in [0, 0.1) is 5.92 Å². The number of aliphatic hydroxyl groups is 1. The molecule has 6 heteroatoms. The van der Waals surface area contributed by atoms with Gasteiger partial charge in [-0.15, -0.1) is 0 Å². The topological polar surface area (TPSA) is 65.1 Å². The number of hydrogen-bond donors (Lipinski definition) is 3. The van der Waals surface area contributed by atoms with Crippen LogP contribution in [-0.4, -0.2) is 28.6 Å². The molecule has 0 saturated carbocycles. The SMILES string of the molecule is CC(C)CC(CO)NC(=O)c1c[nH]c2cc(Br)c(Br)cc12. The molecule has 2 rings (SSSR count). The average Bonchev–Trinajstić information content (AvgIpc) is 2.80. The molecule has 2 aromatic rings. The number of fused-ring (bicyclic) bond motifs is 1. The van der Waals surface area contributed by atoms with E-state index in [4.69, 9.17) is 0 Å². The molecule has 0 aliphatic heterocycles. The molecule has 4 nitrogen and oxygen atoms in total. The van der Waals surface area contributed by atoms with Gasteiger partial charge in [0.1, 0.15) is 0 Å². The molecule has 21 heavy (non-hydrogen) atoms. The fourth-order valence-electron chi connectivity index (χ4n) is 2.32. The van der Waals surface area contributed by atoms with Gasteiger partial charge in [0, 0.05) is 26.0 Å². The minimum absolute atomic E-state index is 0.0540. The second-order valence-electron chi connectivity index (χ2n) is 5.50. The Balaban J connectivity index is 2.25. The summed E-state index contributed by atoms with van der Waals surface area (Å²) in [6.45, 7) is 4.08. The maximum atomic E-state index is 12.4. The van der Waals surface area contributed by atoms with Gasteiger partial charge in [-0.3, -0.25) is 4.79 Å². The van der Waals surface area contributed by atoms with Crippen LogP contribution in [0.25, 0.3) is 10.9 Å². The van der Waals surface area contributed by atoms with E-state index in [1.54, 1.807) is 6.20 Å². The molecule has 1 unspecified atom stereocenters. The highest BCUT2D eigenvalue weighted by atomic mass is 79.9. The van der Waals surface area contributed by atoms with Gasteiger partial charge in [-0.25, -0.2) is 0 Å². The van der Waals surface area contributed by atoms with E-state index in [0.717, 1.165) is 26.3 Å². The first kappa shape index (κ1) is 16.5. The predicted molar refractivity (Wildman–Crippen MR) is 91.5 cm³/mol. The van der Waals surface area contributed by atoms with E-state index in [-0.39, 0.29) is 18.6 Å². The van der Waals surface area contributed by atoms with Gasteiger partial charge in [0.05, 0.1) is 18.2 Å². The maximum Gasteiger partial charge on any atom is 0.253 e. The van der Waals surface area contributed by atoms with Crippen molar-refractivity contribution in [2.45, 2.75) is 26.3 Å². The average molecular weight is 418 g/mol. The first-order chi connectivity index (χ1) is 9.92. The van der Waals surface area contributed by atoms with Gasteiger partial charge in [0.15, 0.2) is 0 Å². The molecule has 1 atom stereocenters. The van der Waals surface area contributed by atoms with E-state index in [1.807, 2.05) is 12.1 Å². The summed E-state index contributed by atoms with van der Waals surface area (Å²) in [6.07, 6.45) is 2.45. The van der Waals surface area contributed by atoms with Crippen molar-refractivity contribution in [3.63, 3.8) is 0 Å². The minimum Gasteiger partial charge on any atom is -0.394 e. The third-order valence-electron chi connectivity index (χ3n) is 3.28. The van der Waals surface area contributed by atoms with Crippen LogP contribution >= 0.6 is 31.9 Å². The summed E-state index contributed by atoms with van der Waals surface area (Å²) in [5, 5.41) is 13.1.